The summed E-state index contributed by atoms with van der Waals surface area (Å²) in [7, 11) is 0. The number of nitrogens with one attached hydrogen (secondary N) is 1. The zero-order chi connectivity index (χ0) is 17.3. The van der Waals surface area contributed by atoms with Gasteiger partial charge in [-0.1, -0.05) is 48.5 Å². The van der Waals surface area contributed by atoms with Gasteiger partial charge in [0.15, 0.2) is 12.4 Å². The Morgan fingerprint density at radius 1 is 0.920 bits per heavy atom. The van der Waals surface area contributed by atoms with Crippen LogP contribution in [0.15, 0.2) is 73.1 Å². The van der Waals surface area contributed by atoms with E-state index in [0.29, 0.717) is 24.5 Å². The van der Waals surface area contributed by atoms with Crippen LogP contribution in [0.1, 0.15) is 5.56 Å². The summed E-state index contributed by atoms with van der Waals surface area (Å²) in [4.78, 5) is 20.5. The number of para-hydroxylation sites is 1. The van der Waals surface area contributed by atoms with E-state index in [9.17, 15) is 4.79 Å². The van der Waals surface area contributed by atoms with Crippen molar-refractivity contribution in [2.75, 3.05) is 13.2 Å². The number of amides is 1. The van der Waals surface area contributed by atoms with Gasteiger partial charge in [-0.3, -0.25) is 4.79 Å². The van der Waals surface area contributed by atoms with E-state index < -0.39 is 0 Å². The summed E-state index contributed by atoms with van der Waals surface area (Å²) in [5.41, 5.74) is 1.96. The number of ether oxygens (including phenoxy) is 1. The number of carbonyl (C=O) groups excluding carboxylic acids is 1. The molecule has 3 rings (SSSR count). The molecular weight excluding hydrogens is 314 g/mol. The third kappa shape index (κ3) is 5.14. The first-order valence-electron chi connectivity index (χ1n) is 8.12. The van der Waals surface area contributed by atoms with Crippen LogP contribution >= 0.6 is 0 Å². The first kappa shape index (κ1) is 16.6. The van der Waals surface area contributed by atoms with Crippen molar-refractivity contribution in [2.45, 2.75) is 6.42 Å². The Kier molecular flexibility index (Phi) is 5.72. The Balaban J connectivity index is 1.42. The lowest BCUT2D eigenvalue weighted by molar-refractivity contribution is -0.123. The van der Waals surface area contributed by atoms with E-state index in [0.717, 1.165) is 11.1 Å². The molecule has 1 N–H and O–H groups in total. The Hall–Kier alpha value is -3.21. The fraction of sp³-hybridized carbons (Fsp3) is 0.150. The van der Waals surface area contributed by atoms with Gasteiger partial charge in [0, 0.05) is 24.5 Å². The minimum absolute atomic E-state index is 0.00740. The van der Waals surface area contributed by atoms with Gasteiger partial charge in [0.05, 0.1) is 0 Å². The zero-order valence-electron chi connectivity index (χ0n) is 13.8. The Labute approximate surface area is 146 Å². The molecule has 126 valence electrons. The van der Waals surface area contributed by atoms with Crippen LogP contribution in [-0.2, 0) is 11.2 Å². The molecule has 0 spiro atoms. The highest BCUT2D eigenvalue weighted by Crippen LogP contribution is 2.13. The van der Waals surface area contributed by atoms with Gasteiger partial charge < -0.3 is 10.1 Å². The van der Waals surface area contributed by atoms with Gasteiger partial charge in [-0.05, 0) is 24.1 Å². The topological polar surface area (TPSA) is 64.1 Å². The molecule has 0 aliphatic heterocycles. The van der Waals surface area contributed by atoms with Gasteiger partial charge in [0.1, 0.15) is 5.75 Å². The lowest BCUT2D eigenvalue weighted by atomic mass is 10.2. The number of benzene rings is 2. The van der Waals surface area contributed by atoms with Gasteiger partial charge in [-0.25, -0.2) is 9.97 Å². The fourth-order valence-corrected chi connectivity index (χ4v) is 2.28. The third-order valence-corrected chi connectivity index (χ3v) is 3.59. The van der Waals surface area contributed by atoms with Gasteiger partial charge >= 0.3 is 0 Å². The van der Waals surface area contributed by atoms with E-state index in [2.05, 4.69) is 15.3 Å². The van der Waals surface area contributed by atoms with Crippen molar-refractivity contribution in [3.63, 3.8) is 0 Å². The summed E-state index contributed by atoms with van der Waals surface area (Å²) in [6.45, 7) is 0.526. The molecule has 25 heavy (non-hydrogen) atoms. The van der Waals surface area contributed by atoms with Gasteiger partial charge in [-0.2, -0.15) is 0 Å². The van der Waals surface area contributed by atoms with Crippen molar-refractivity contribution in [3.05, 3.63) is 78.6 Å². The highest BCUT2D eigenvalue weighted by atomic mass is 16.5. The quantitative estimate of drug-likeness (QED) is 0.722. The summed E-state index contributed by atoms with van der Waals surface area (Å²) in [6, 6.07) is 19.1. The summed E-state index contributed by atoms with van der Waals surface area (Å²) in [6.07, 6.45) is 4.26. The highest BCUT2D eigenvalue weighted by molar-refractivity contribution is 5.77. The number of hydrogen-bond donors (Lipinski definition) is 1. The van der Waals surface area contributed by atoms with Gasteiger partial charge in [-0.15, -0.1) is 0 Å². The van der Waals surface area contributed by atoms with Crippen molar-refractivity contribution in [1.82, 2.24) is 15.3 Å². The van der Waals surface area contributed by atoms with Crippen molar-refractivity contribution < 1.29 is 9.53 Å². The molecule has 5 heteroatoms. The second-order valence-corrected chi connectivity index (χ2v) is 5.48. The van der Waals surface area contributed by atoms with Crippen molar-refractivity contribution >= 4 is 5.91 Å². The lowest BCUT2D eigenvalue weighted by Crippen LogP contribution is -2.30. The molecule has 1 aromatic heterocycles. The van der Waals surface area contributed by atoms with Crippen LogP contribution in [-0.4, -0.2) is 29.0 Å². The smallest absolute Gasteiger partial charge is 0.257 e. The van der Waals surface area contributed by atoms with E-state index in [1.54, 1.807) is 12.4 Å². The fourth-order valence-electron chi connectivity index (χ4n) is 2.28. The van der Waals surface area contributed by atoms with E-state index in [1.165, 1.54) is 0 Å². The molecule has 0 saturated carbocycles. The van der Waals surface area contributed by atoms with Crippen LogP contribution in [0.2, 0.25) is 0 Å². The Morgan fingerprint density at radius 3 is 2.24 bits per heavy atom. The number of nitrogens with zero attached hydrogens (tertiary/aromatic N) is 2. The van der Waals surface area contributed by atoms with Crippen LogP contribution in [0, 0.1) is 0 Å². The standard InChI is InChI=1S/C20H19N3O2/c24-19(15-25-18-9-5-2-6-10-18)21-12-11-16-13-22-20(23-14-16)17-7-3-1-4-8-17/h1-10,13-14H,11-12,15H2,(H,21,24). The average molecular weight is 333 g/mol. The maximum Gasteiger partial charge on any atom is 0.257 e. The maximum atomic E-state index is 11.8. The third-order valence-electron chi connectivity index (χ3n) is 3.59. The van der Waals surface area contributed by atoms with Crippen LogP contribution in [0.5, 0.6) is 5.75 Å². The minimum atomic E-state index is -0.148. The first-order chi connectivity index (χ1) is 12.3. The largest absolute Gasteiger partial charge is 0.484 e. The maximum absolute atomic E-state index is 11.8. The molecule has 0 saturated heterocycles. The Bertz CT molecular complexity index is 790. The van der Waals surface area contributed by atoms with Crippen LogP contribution < -0.4 is 10.1 Å². The van der Waals surface area contributed by atoms with E-state index in [1.807, 2.05) is 60.7 Å². The minimum Gasteiger partial charge on any atom is -0.484 e. The first-order valence-corrected chi connectivity index (χ1v) is 8.12. The van der Waals surface area contributed by atoms with E-state index in [4.69, 9.17) is 4.74 Å². The summed E-state index contributed by atoms with van der Waals surface area (Å²) in [5, 5.41) is 2.83. The highest BCUT2D eigenvalue weighted by Gasteiger charge is 2.04. The van der Waals surface area contributed by atoms with Crippen molar-refractivity contribution in [1.29, 1.82) is 0 Å². The molecular formula is C20H19N3O2. The predicted octanol–water partition coefficient (Wildman–Crippen LogP) is 2.88. The monoisotopic (exact) mass is 333 g/mol. The molecule has 0 radical (unpaired) electrons. The predicted molar refractivity (Wildman–Crippen MR) is 96.1 cm³/mol. The van der Waals surface area contributed by atoms with Crippen LogP contribution in [0.3, 0.4) is 0 Å². The van der Waals surface area contributed by atoms with E-state index in [-0.39, 0.29) is 12.5 Å². The lowest BCUT2D eigenvalue weighted by Gasteiger charge is -2.07. The molecule has 0 aliphatic carbocycles. The number of hydrogen-bond acceptors (Lipinski definition) is 4. The van der Waals surface area contributed by atoms with E-state index >= 15 is 0 Å². The number of carbonyl (C=O) groups is 1. The summed E-state index contributed by atoms with van der Waals surface area (Å²) in [5.74, 6) is 1.23. The molecule has 2 aromatic carbocycles. The SMILES string of the molecule is O=C(COc1ccccc1)NCCc1cnc(-c2ccccc2)nc1. The molecule has 0 fully saturated rings. The molecule has 0 aliphatic rings. The second-order valence-electron chi connectivity index (χ2n) is 5.48. The molecule has 0 unspecified atom stereocenters. The number of aromatic nitrogens is 2. The summed E-state index contributed by atoms with van der Waals surface area (Å²) >= 11 is 0. The molecule has 0 bridgehead atoms. The molecule has 5 nitrogen and oxygen atoms in total. The Morgan fingerprint density at radius 2 is 1.56 bits per heavy atom. The van der Waals surface area contributed by atoms with Crippen molar-refractivity contribution in [2.24, 2.45) is 0 Å². The molecule has 0 atom stereocenters. The normalized spacial score (nSPS) is 10.2. The molecule has 1 amide bonds. The second kappa shape index (κ2) is 8.59. The van der Waals surface area contributed by atoms with Crippen molar-refractivity contribution in [3.8, 4) is 17.1 Å². The van der Waals surface area contributed by atoms with Gasteiger partial charge in [0.25, 0.3) is 5.91 Å². The van der Waals surface area contributed by atoms with Crippen LogP contribution in [0.4, 0.5) is 0 Å². The number of rotatable bonds is 7. The van der Waals surface area contributed by atoms with Crippen LogP contribution in [0.25, 0.3) is 11.4 Å². The summed E-state index contributed by atoms with van der Waals surface area (Å²) < 4.78 is 5.40. The molecule has 1 heterocycles. The van der Waals surface area contributed by atoms with Gasteiger partial charge in [0.2, 0.25) is 0 Å². The molecule has 3 aromatic rings. The zero-order valence-corrected chi connectivity index (χ0v) is 13.8. The average Bonchev–Trinajstić information content (AvgIpc) is 2.68.